The molecule has 0 saturated carbocycles. The standard InChI is InChI=1S/C26H18F4N2O2/c1-15(2)18-9-6-10-21-22(18)24(33)32(25(34)31-21)23-19(26(28,29)30)13-17(14-20(23)27)12-11-16-7-4-3-5-8-16/h3-10,13-15H,1-2H3,(H,31,34). The zero-order chi connectivity index (χ0) is 24.6. The molecule has 4 rings (SSSR count). The first kappa shape index (κ1) is 23.1. The molecule has 1 N–H and O–H groups in total. The van der Waals surface area contributed by atoms with Gasteiger partial charge in [0, 0.05) is 11.1 Å². The summed E-state index contributed by atoms with van der Waals surface area (Å²) in [5.41, 5.74) is -3.87. The van der Waals surface area contributed by atoms with Gasteiger partial charge in [0.2, 0.25) is 0 Å². The van der Waals surface area contributed by atoms with E-state index in [1.807, 2.05) is 0 Å². The van der Waals surface area contributed by atoms with Crippen LogP contribution in [0.2, 0.25) is 0 Å². The number of nitrogens with one attached hydrogen (secondary N) is 1. The Kier molecular flexibility index (Phi) is 5.88. The van der Waals surface area contributed by atoms with Crippen LogP contribution in [0.1, 0.15) is 42.0 Å². The van der Waals surface area contributed by atoms with Crippen LogP contribution in [0.15, 0.2) is 70.3 Å². The molecular weight excluding hydrogens is 448 g/mol. The molecule has 0 fully saturated rings. The highest BCUT2D eigenvalue weighted by Crippen LogP contribution is 2.35. The van der Waals surface area contributed by atoms with Crippen LogP contribution < -0.4 is 11.2 Å². The van der Waals surface area contributed by atoms with E-state index in [1.165, 1.54) is 6.07 Å². The molecule has 0 saturated heterocycles. The van der Waals surface area contributed by atoms with Crippen molar-refractivity contribution in [2.45, 2.75) is 25.9 Å². The largest absolute Gasteiger partial charge is 0.418 e. The molecule has 0 atom stereocenters. The van der Waals surface area contributed by atoms with Crippen LogP contribution in [-0.2, 0) is 6.18 Å². The fourth-order valence-electron chi connectivity index (χ4n) is 3.75. The summed E-state index contributed by atoms with van der Waals surface area (Å²) in [6, 6.07) is 14.6. The molecule has 34 heavy (non-hydrogen) atoms. The third kappa shape index (κ3) is 4.25. The fraction of sp³-hybridized carbons (Fsp3) is 0.154. The number of aromatic amines is 1. The Balaban J connectivity index is 2.02. The zero-order valence-electron chi connectivity index (χ0n) is 18.1. The average molecular weight is 466 g/mol. The van der Waals surface area contributed by atoms with Crippen LogP contribution in [0.3, 0.4) is 0 Å². The summed E-state index contributed by atoms with van der Waals surface area (Å²) in [5, 5.41) is 0.0255. The van der Waals surface area contributed by atoms with Crippen LogP contribution in [0.25, 0.3) is 16.6 Å². The highest BCUT2D eigenvalue weighted by Gasteiger charge is 2.37. The Bertz CT molecular complexity index is 1570. The second kappa shape index (κ2) is 8.67. The quantitative estimate of drug-likeness (QED) is 0.320. The van der Waals surface area contributed by atoms with Crippen LogP contribution in [0, 0.1) is 17.7 Å². The number of hydrogen-bond donors (Lipinski definition) is 1. The topological polar surface area (TPSA) is 54.9 Å². The smallest absolute Gasteiger partial charge is 0.306 e. The van der Waals surface area contributed by atoms with Crippen molar-refractivity contribution in [1.29, 1.82) is 0 Å². The minimum Gasteiger partial charge on any atom is -0.306 e. The van der Waals surface area contributed by atoms with Crippen molar-refractivity contribution in [2.75, 3.05) is 0 Å². The van der Waals surface area contributed by atoms with Gasteiger partial charge in [0.25, 0.3) is 5.56 Å². The van der Waals surface area contributed by atoms with Crippen molar-refractivity contribution >= 4 is 10.9 Å². The van der Waals surface area contributed by atoms with E-state index in [4.69, 9.17) is 0 Å². The Morgan fingerprint density at radius 2 is 1.59 bits per heavy atom. The van der Waals surface area contributed by atoms with E-state index in [0.717, 1.165) is 6.07 Å². The first-order valence-corrected chi connectivity index (χ1v) is 10.3. The van der Waals surface area contributed by atoms with E-state index in [0.29, 0.717) is 17.2 Å². The summed E-state index contributed by atoms with van der Waals surface area (Å²) in [6.07, 6.45) is -5.06. The van der Waals surface area contributed by atoms with E-state index >= 15 is 4.39 Å². The number of fused-ring (bicyclic) bond motifs is 1. The maximum absolute atomic E-state index is 15.2. The van der Waals surface area contributed by atoms with Gasteiger partial charge in [0.1, 0.15) is 11.5 Å². The molecule has 0 unspecified atom stereocenters. The molecule has 0 amide bonds. The molecule has 1 aromatic heterocycles. The van der Waals surface area contributed by atoms with E-state index in [1.54, 1.807) is 56.3 Å². The third-order valence-electron chi connectivity index (χ3n) is 5.30. The summed E-state index contributed by atoms with van der Waals surface area (Å²) in [6.45, 7) is 3.59. The molecule has 0 bridgehead atoms. The highest BCUT2D eigenvalue weighted by molar-refractivity contribution is 5.82. The summed E-state index contributed by atoms with van der Waals surface area (Å²) in [5.74, 6) is 3.63. The second-order valence-electron chi connectivity index (χ2n) is 7.96. The first-order chi connectivity index (χ1) is 16.1. The number of H-pyrrole nitrogens is 1. The molecule has 0 aliphatic heterocycles. The summed E-state index contributed by atoms with van der Waals surface area (Å²) in [7, 11) is 0. The minimum absolute atomic E-state index is 0.0255. The van der Waals surface area contributed by atoms with Crippen LogP contribution in [0.4, 0.5) is 17.6 Å². The normalized spacial score (nSPS) is 11.5. The molecule has 172 valence electrons. The Hall–Kier alpha value is -4.12. The van der Waals surface area contributed by atoms with Gasteiger partial charge < -0.3 is 4.98 Å². The number of hydrogen-bond acceptors (Lipinski definition) is 2. The minimum atomic E-state index is -5.06. The number of halogens is 4. The maximum atomic E-state index is 15.2. The Morgan fingerprint density at radius 3 is 2.24 bits per heavy atom. The van der Waals surface area contributed by atoms with Gasteiger partial charge in [-0.25, -0.2) is 13.8 Å². The molecule has 0 spiro atoms. The molecule has 8 heteroatoms. The number of alkyl halides is 3. The molecule has 0 aliphatic rings. The van der Waals surface area contributed by atoms with Gasteiger partial charge in [-0.3, -0.25) is 4.79 Å². The van der Waals surface area contributed by atoms with Crippen molar-refractivity contribution in [3.63, 3.8) is 0 Å². The van der Waals surface area contributed by atoms with Crippen molar-refractivity contribution < 1.29 is 17.6 Å². The predicted molar refractivity (Wildman–Crippen MR) is 122 cm³/mol. The number of nitrogens with zero attached hydrogens (tertiary/aromatic N) is 1. The number of aromatic nitrogens is 2. The second-order valence-corrected chi connectivity index (χ2v) is 7.96. The summed E-state index contributed by atoms with van der Waals surface area (Å²) >= 11 is 0. The molecular formula is C26H18F4N2O2. The fourth-order valence-corrected chi connectivity index (χ4v) is 3.75. The monoisotopic (exact) mass is 466 g/mol. The third-order valence-corrected chi connectivity index (χ3v) is 5.30. The molecule has 0 radical (unpaired) electrons. The van der Waals surface area contributed by atoms with Gasteiger partial charge >= 0.3 is 11.9 Å². The highest BCUT2D eigenvalue weighted by atomic mass is 19.4. The van der Waals surface area contributed by atoms with E-state index < -0.39 is 34.5 Å². The first-order valence-electron chi connectivity index (χ1n) is 10.3. The summed E-state index contributed by atoms with van der Waals surface area (Å²) in [4.78, 5) is 28.4. The van der Waals surface area contributed by atoms with Gasteiger partial charge in [0.15, 0.2) is 0 Å². The lowest BCUT2D eigenvalue weighted by Gasteiger charge is -2.17. The molecule has 1 heterocycles. The number of benzene rings is 3. The van der Waals surface area contributed by atoms with Crippen molar-refractivity contribution in [3.05, 3.63) is 110 Å². The average Bonchev–Trinajstić information content (AvgIpc) is 2.78. The lowest BCUT2D eigenvalue weighted by Crippen LogP contribution is -2.36. The Morgan fingerprint density at radius 1 is 0.912 bits per heavy atom. The van der Waals surface area contributed by atoms with Crippen molar-refractivity contribution in [3.8, 4) is 17.5 Å². The lowest BCUT2D eigenvalue weighted by atomic mass is 9.99. The molecule has 4 nitrogen and oxygen atoms in total. The van der Waals surface area contributed by atoms with Crippen LogP contribution in [-0.4, -0.2) is 9.55 Å². The van der Waals surface area contributed by atoms with Crippen LogP contribution >= 0.6 is 0 Å². The van der Waals surface area contributed by atoms with Gasteiger partial charge in [-0.05, 0) is 41.8 Å². The van der Waals surface area contributed by atoms with Gasteiger partial charge in [-0.2, -0.15) is 13.2 Å². The van der Waals surface area contributed by atoms with Crippen LogP contribution in [0.5, 0.6) is 0 Å². The van der Waals surface area contributed by atoms with Gasteiger partial charge in [-0.1, -0.05) is 56.0 Å². The van der Waals surface area contributed by atoms with E-state index in [-0.39, 0.29) is 27.0 Å². The zero-order valence-corrected chi connectivity index (χ0v) is 18.1. The van der Waals surface area contributed by atoms with E-state index in [9.17, 15) is 22.8 Å². The lowest BCUT2D eigenvalue weighted by molar-refractivity contribution is -0.137. The molecule has 4 aromatic rings. The maximum Gasteiger partial charge on any atom is 0.418 e. The molecule has 3 aromatic carbocycles. The Labute approximate surface area is 191 Å². The predicted octanol–water partition coefficient (Wildman–Crippen LogP) is 5.36. The van der Waals surface area contributed by atoms with E-state index in [2.05, 4.69) is 16.8 Å². The number of rotatable bonds is 2. The molecule has 0 aliphatic carbocycles. The SMILES string of the molecule is CC(C)c1cccc2[nH]c(=O)n(-c3c(F)cc(C#Cc4ccccc4)cc3C(F)(F)F)c(=O)c12. The van der Waals surface area contributed by atoms with Crippen molar-refractivity contribution in [2.24, 2.45) is 0 Å². The van der Waals surface area contributed by atoms with Gasteiger partial charge in [0.05, 0.1) is 16.5 Å². The summed E-state index contributed by atoms with van der Waals surface area (Å²) < 4.78 is 57.4. The van der Waals surface area contributed by atoms with Gasteiger partial charge in [-0.15, -0.1) is 0 Å². The van der Waals surface area contributed by atoms with Crippen molar-refractivity contribution in [1.82, 2.24) is 9.55 Å².